The molecule has 4 nitrogen and oxygen atoms in total. The molecule has 0 aliphatic rings. The van der Waals surface area contributed by atoms with Crippen LogP contribution < -0.4 is 10.1 Å². The Hall–Kier alpha value is -3.40. The molecule has 1 atom stereocenters. The van der Waals surface area contributed by atoms with Crippen LogP contribution >= 0.6 is 0 Å². The zero-order chi connectivity index (χ0) is 19.1. The van der Waals surface area contributed by atoms with E-state index in [1.807, 2.05) is 80.6 Å². The maximum absolute atomic E-state index is 12.2. The minimum Gasteiger partial charge on any atom is -0.456 e. The summed E-state index contributed by atoms with van der Waals surface area (Å²) < 4.78 is 5.80. The van der Waals surface area contributed by atoms with E-state index < -0.39 is 0 Å². The first-order valence-electron chi connectivity index (χ1n) is 8.83. The van der Waals surface area contributed by atoms with Crippen LogP contribution in [-0.4, -0.2) is 10.9 Å². The van der Waals surface area contributed by atoms with Crippen molar-refractivity contribution in [1.29, 1.82) is 0 Å². The third-order valence-corrected chi connectivity index (χ3v) is 4.09. The van der Waals surface area contributed by atoms with Gasteiger partial charge < -0.3 is 10.1 Å². The van der Waals surface area contributed by atoms with Gasteiger partial charge in [-0.15, -0.1) is 0 Å². The quantitative estimate of drug-likeness (QED) is 0.626. The molecule has 27 heavy (non-hydrogen) atoms. The molecule has 2 aromatic carbocycles. The van der Waals surface area contributed by atoms with Crippen molar-refractivity contribution in [2.75, 3.05) is 0 Å². The molecule has 0 saturated heterocycles. The van der Waals surface area contributed by atoms with Crippen LogP contribution in [0.25, 0.3) is 6.08 Å². The number of ether oxygens (including phenoxy) is 1. The number of benzene rings is 2. The maximum atomic E-state index is 12.2. The maximum Gasteiger partial charge on any atom is 0.244 e. The molecule has 1 heterocycles. The van der Waals surface area contributed by atoms with E-state index >= 15 is 0 Å². The highest BCUT2D eigenvalue weighted by Crippen LogP contribution is 2.24. The Labute approximate surface area is 159 Å². The van der Waals surface area contributed by atoms with Crippen LogP contribution in [0.4, 0.5) is 0 Å². The molecule has 3 rings (SSSR count). The van der Waals surface area contributed by atoms with Crippen molar-refractivity contribution < 1.29 is 9.53 Å². The Bertz CT molecular complexity index is 919. The first-order valence-corrected chi connectivity index (χ1v) is 8.83. The summed E-state index contributed by atoms with van der Waals surface area (Å²) in [5.74, 6) is 1.24. The normalized spacial score (nSPS) is 11.9. The summed E-state index contributed by atoms with van der Waals surface area (Å²) in [4.78, 5) is 16.2. The van der Waals surface area contributed by atoms with E-state index in [1.165, 1.54) is 5.56 Å². The summed E-state index contributed by atoms with van der Waals surface area (Å²) >= 11 is 0. The number of carbonyl (C=O) groups is 1. The van der Waals surface area contributed by atoms with Gasteiger partial charge in [0.2, 0.25) is 5.91 Å². The van der Waals surface area contributed by atoms with E-state index in [4.69, 9.17) is 4.74 Å². The van der Waals surface area contributed by atoms with E-state index in [0.29, 0.717) is 11.5 Å². The second-order valence-electron chi connectivity index (χ2n) is 6.34. The number of pyridine rings is 1. The average molecular weight is 358 g/mol. The van der Waals surface area contributed by atoms with Gasteiger partial charge >= 0.3 is 0 Å². The fourth-order valence-corrected chi connectivity index (χ4v) is 2.59. The molecule has 1 aromatic heterocycles. The van der Waals surface area contributed by atoms with E-state index in [0.717, 1.165) is 11.1 Å². The van der Waals surface area contributed by atoms with Crippen molar-refractivity contribution in [2.24, 2.45) is 0 Å². The van der Waals surface area contributed by atoms with Crippen molar-refractivity contribution in [3.05, 3.63) is 95.8 Å². The fourth-order valence-electron chi connectivity index (χ4n) is 2.59. The van der Waals surface area contributed by atoms with Crippen molar-refractivity contribution in [1.82, 2.24) is 10.3 Å². The van der Waals surface area contributed by atoms with Crippen LogP contribution in [0.1, 0.15) is 29.7 Å². The molecular formula is C23H22N2O2. The van der Waals surface area contributed by atoms with E-state index in [1.54, 1.807) is 18.5 Å². The number of amides is 1. The van der Waals surface area contributed by atoms with Crippen LogP contribution in [0.5, 0.6) is 11.5 Å². The highest BCUT2D eigenvalue weighted by Gasteiger charge is 2.09. The van der Waals surface area contributed by atoms with Crippen LogP contribution in [0.3, 0.4) is 0 Å². The van der Waals surface area contributed by atoms with Crippen molar-refractivity contribution >= 4 is 12.0 Å². The topological polar surface area (TPSA) is 51.2 Å². The van der Waals surface area contributed by atoms with Gasteiger partial charge in [0, 0.05) is 12.3 Å². The molecular weight excluding hydrogens is 336 g/mol. The molecule has 0 bridgehead atoms. The first kappa shape index (κ1) is 18.4. The number of hydrogen-bond acceptors (Lipinski definition) is 3. The highest BCUT2D eigenvalue weighted by molar-refractivity contribution is 5.91. The molecule has 3 aromatic rings. The van der Waals surface area contributed by atoms with Crippen molar-refractivity contribution in [3.8, 4) is 11.5 Å². The lowest BCUT2D eigenvalue weighted by atomic mass is 10.1. The Kier molecular flexibility index (Phi) is 6.00. The van der Waals surface area contributed by atoms with Crippen molar-refractivity contribution in [2.45, 2.75) is 19.9 Å². The number of hydrogen-bond donors (Lipinski definition) is 1. The number of nitrogens with zero attached hydrogens (tertiary/aromatic N) is 1. The molecule has 1 N–H and O–H groups in total. The van der Waals surface area contributed by atoms with Gasteiger partial charge in [-0.1, -0.05) is 42.0 Å². The molecule has 4 heteroatoms. The molecule has 0 saturated carbocycles. The minimum absolute atomic E-state index is 0.137. The molecule has 136 valence electrons. The third-order valence-electron chi connectivity index (χ3n) is 4.09. The molecule has 0 radical (unpaired) electrons. The second-order valence-corrected chi connectivity index (χ2v) is 6.34. The predicted molar refractivity (Wildman–Crippen MR) is 108 cm³/mol. The summed E-state index contributed by atoms with van der Waals surface area (Å²) in [7, 11) is 0. The van der Waals surface area contributed by atoms with Crippen LogP contribution in [-0.2, 0) is 4.79 Å². The van der Waals surface area contributed by atoms with Gasteiger partial charge in [0.25, 0.3) is 0 Å². The minimum atomic E-state index is -0.141. The summed E-state index contributed by atoms with van der Waals surface area (Å²) in [5.41, 5.74) is 3.15. The monoisotopic (exact) mass is 358 g/mol. The third kappa shape index (κ3) is 5.54. The van der Waals surface area contributed by atoms with Gasteiger partial charge in [0.05, 0.1) is 12.2 Å². The van der Waals surface area contributed by atoms with E-state index in [2.05, 4.69) is 10.3 Å². The molecule has 0 aliphatic heterocycles. The van der Waals surface area contributed by atoms with E-state index in [-0.39, 0.29) is 11.9 Å². The predicted octanol–water partition coefficient (Wildman–Crippen LogP) is 5.07. The van der Waals surface area contributed by atoms with Gasteiger partial charge in [-0.2, -0.15) is 0 Å². The summed E-state index contributed by atoms with van der Waals surface area (Å²) in [6.07, 6.45) is 6.72. The Morgan fingerprint density at radius 2 is 1.85 bits per heavy atom. The lowest BCUT2D eigenvalue weighted by Gasteiger charge is -2.14. The van der Waals surface area contributed by atoms with Crippen LogP contribution in [0.15, 0.2) is 79.1 Å². The Balaban J connectivity index is 1.61. The molecule has 0 spiro atoms. The Morgan fingerprint density at radius 3 is 2.59 bits per heavy atom. The summed E-state index contributed by atoms with van der Waals surface area (Å²) in [6.45, 7) is 3.98. The van der Waals surface area contributed by atoms with Crippen molar-refractivity contribution in [3.63, 3.8) is 0 Å². The van der Waals surface area contributed by atoms with Gasteiger partial charge in [-0.3, -0.25) is 9.78 Å². The van der Waals surface area contributed by atoms with Gasteiger partial charge in [0.1, 0.15) is 11.5 Å². The van der Waals surface area contributed by atoms with Crippen LogP contribution in [0, 0.1) is 6.92 Å². The smallest absolute Gasteiger partial charge is 0.244 e. The lowest BCUT2D eigenvalue weighted by Crippen LogP contribution is -2.24. The number of aromatic nitrogens is 1. The standard InChI is InChI=1S/C23H22N2O2/c1-17-8-10-19(11-9-17)12-13-23(26)25-18(2)20-5-3-6-21(15-20)27-22-7-4-14-24-16-22/h3-16,18H,1-2H3,(H,25,26)/t18-/m0/s1. The SMILES string of the molecule is Cc1ccc(C=CC(=O)N[C@@H](C)c2cccc(Oc3cccnc3)c2)cc1. The number of aryl methyl sites for hydroxylation is 1. The number of carbonyl (C=O) groups excluding carboxylic acids is 1. The number of nitrogens with one attached hydrogen (secondary N) is 1. The lowest BCUT2D eigenvalue weighted by molar-refractivity contribution is -0.117. The van der Waals surface area contributed by atoms with Gasteiger partial charge in [-0.25, -0.2) is 0 Å². The fraction of sp³-hybridized carbons (Fsp3) is 0.130. The average Bonchev–Trinajstić information content (AvgIpc) is 2.68. The summed E-state index contributed by atoms with van der Waals surface area (Å²) in [5, 5.41) is 2.98. The van der Waals surface area contributed by atoms with E-state index in [9.17, 15) is 4.79 Å². The summed E-state index contributed by atoms with van der Waals surface area (Å²) in [6, 6.07) is 19.2. The molecule has 0 fully saturated rings. The van der Waals surface area contributed by atoms with Gasteiger partial charge in [0.15, 0.2) is 0 Å². The molecule has 1 amide bonds. The Morgan fingerprint density at radius 1 is 1.07 bits per heavy atom. The largest absolute Gasteiger partial charge is 0.456 e. The van der Waals surface area contributed by atoms with Gasteiger partial charge in [-0.05, 0) is 55.3 Å². The number of rotatable bonds is 6. The molecule has 0 unspecified atom stereocenters. The molecule has 0 aliphatic carbocycles. The zero-order valence-electron chi connectivity index (χ0n) is 15.4. The zero-order valence-corrected chi connectivity index (χ0v) is 15.4. The van der Waals surface area contributed by atoms with Crippen LogP contribution in [0.2, 0.25) is 0 Å². The highest BCUT2D eigenvalue weighted by atomic mass is 16.5. The second kappa shape index (κ2) is 8.81. The first-order chi connectivity index (χ1) is 13.1.